The van der Waals surface area contributed by atoms with E-state index in [1.807, 2.05) is 0 Å². The second kappa shape index (κ2) is 26.8. The van der Waals surface area contributed by atoms with Crippen LogP contribution in [0.2, 0.25) is 0 Å². The Bertz CT molecular complexity index is 3190. The van der Waals surface area contributed by atoms with Crippen molar-refractivity contribution in [3.05, 3.63) is 251 Å². The molecule has 0 amide bonds. The van der Waals surface area contributed by atoms with E-state index >= 15 is 0 Å². The van der Waals surface area contributed by atoms with Crippen molar-refractivity contribution in [2.75, 3.05) is 20.3 Å². The van der Waals surface area contributed by atoms with Gasteiger partial charge in [-0.3, -0.25) is 0 Å². The summed E-state index contributed by atoms with van der Waals surface area (Å²) in [6.45, 7) is -1.40. The Morgan fingerprint density at radius 3 is 0.838 bits per heavy atom. The van der Waals surface area contributed by atoms with Crippen LogP contribution in [0.3, 0.4) is 0 Å². The summed E-state index contributed by atoms with van der Waals surface area (Å²) < 4.78 is 68.3. The van der Waals surface area contributed by atoms with E-state index < -0.39 is 116 Å². The summed E-state index contributed by atoms with van der Waals surface area (Å²) in [6.07, 6.45) is -16.9. The minimum Gasteiger partial charge on any atom is -0.459 e. The summed E-state index contributed by atoms with van der Waals surface area (Å²) in [5, 5.41) is 0. The molecule has 2 heterocycles. The first-order valence-electron chi connectivity index (χ1n) is 25.3. The van der Waals surface area contributed by atoms with E-state index in [1.54, 1.807) is 127 Å². The van der Waals surface area contributed by atoms with Gasteiger partial charge in [-0.2, -0.15) is 0 Å². The SMILES string of the molecule is CO[C@H]1O[C@H](COC2O[C@H](COC(=O)c3ccccc3)[C@@H](OC(=O)c3ccccc3)[C@H](OC(=O)c3ccccc3)[C@H]2OC(=O)c2ccccc2)[C@@H](OC(=O)c2ccccc2)[C@H](OC(=O)c2ccccc2)[C@H]1OC(=O)c1ccccc1. The third-order valence-electron chi connectivity index (χ3n) is 12.7. The molecule has 80 heavy (non-hydrogen) atoms. The van der Waals surface area contributed by atoms with Crippen molar-refractivity contribution in [1.29, 1.82) is 0 Å². The van der Waals surface area contributed by atoms with E-state index in [1.165, 1.54) is 92.0 Å². The molecule has 0 aliphatic carbocycles. The van der Waals surface area contributed by atoms with Gasteiger partial charge in [0.15, 0.2) is 49.2 Å². The first-order valence-corrected chi connectivity index (χ1v) is 25.3. The van der Waals surface area contributed by atoms with Gasteiger partial charge < -0.3 is 52.1 Å². The molecule has 10 atom stereocenters. The van der Waals surface area contributed by atoms with Crippen LogP contribution in [-0.4, -0.2) is 124 Å². The Balaban J connectivity index is 1.13. The van der Waals surface area contributed by atoms with Gasteiger partial charge in [0, 0.05) is 7.11 Å². The molecular formula is C62H52O18. The number of carbonyl (C=O) groups is 7. The molecule has 408 valence electrons. The maximum atomic E-state index is 14.3. The van der Waals surface area contributed by atoms with E-state index in [0.717, 1.165) is 0 Å². The van der Waals surface area contributed by atoms with Crippen molar-refractivity contribution in [3.8, 4) is 0 Å². The maximum Gasteiger partial charge on any atom is 0.338 e. The van der Waals surface area contributed by atoms with Gasteiger partial charge in [-0.25, -0.2) is 33.6 Å². The summed E-state index contributed by atoms with van der Waals surface area (Å²) >= 11 is 0. The van der Waals surface area contributed by atoms with Crippen LogP contribution >= 0.6 is 0 Å². The third kappa shape index (κ3) is 13.9. The molecule has 1 unspecified atom stereocenters. The molecule has 18 nitrogen and oxygen atoms in total. The zero-order valence-electron chi connectivity index (χ0n) is 42.7. The van der Waals surface area contributed by atoms with Crippen molar-refractivity contribution in [2.24, 2.45) is 0 Å². The smallest absolute Gasteiger partial charge is 0.338 e. The van der Waals surface area contributed by atoms with Crippen LogP contribution in [-0.2, 0) is 52.1 Å². The average Bonchev–Trinajstić information content (AvgIpc) is 3.71. The van der Waals surface area contributed by atoms with Gasteiger partial charge in [0.2, 0.25) is 0 Å². The standard InChI is InChI=1S/C62H52O18/c1-70-61-52(79-59(68)44-33-19-7-20-34-44)50(77-57(66)42-29-15-5-16-30-42)49(76-56(65)41-27-13-4-14-28-41)47(73-61)38-72-62-53(80-60(69)45-35-21-8-22-36-45)51(78-58(67)43-31-17-6-18-32-43)48(75-55(64)40-25-11-3-12-26-40)46(74-62)37-71-54(63)39-23-9-2-10-24-39/h2-36,46-53,61-62H,37-38H2,1H3/t46-,47-,48-,49-,50+,51+,52-,53-,61+,62?/m1/s1. The summed E-state index contributed by atoms with van der Waals surface area (Å²) in [6, 6.07) is 55.1. The average molecular weight is 1090 g/mol. The fourth-order valence-corrected chi connectivity index (χ4v) is 8.75. The van der Waals surface area contributed by atoms with Crippen LogP contribution in [0.15, 0.2) is 212 Å². The summed E-state index contributed by atoms with van der Waals surface area (Å²) in [5.41, 5.74) is 0.591. The van der Waals surface area contributed by atoms with Gasteiger partial charge in [0.05, 0.1) is 45.6 Å². The monoisotopic (exact) mass is 1080 g/mol. The molecule has 0 N–H and O–H groups in total. The Hall–Kier alpha value is -9.33. The Morgan fingerprint density at radius 2 is 0.537 bits per heavy atom. The lowest BCUT2D eigenvalue weighted by atomic mass is 9.96. The quantitative estimate of drug-likeness (QED) is 0.0549. The number of carbonyl (C=O) groups excluding carboxylic acids is 7. The van der Waals surface area contributed by atoms with Gasteiger partial charge in [0.1, 0.15) is 18.8 Å². The van der Waals surface area contributed by atoms with Crippen molar-refractivity contribution < 1.29 is 85.7 Å². The van der Waals surface area contributed by atoms with E-state index in [4.69, 9.17) is 52.1 Å². The van der Waals surface area contributed by atoms with Gasteiger partial charge >= 0.3 is 41.8 Å². The van der Waals surface area contributed by atoms with Crippen molar-refractivity contribution in [2.45, 2.75) is 61.4 Å². The minimum absolute atomic E-state index is 0.0433. The Morgan fingerprint density at radius 1 is 0.300 bits per heavy atom. The number of hydrogen-bond acceptors (Lipinski definition) is 18. The fourth-order valence-electron chi connectivity index (χ4n) is 8.75. The molecule has 9 rings (SSSR count). The highest BCUT2D eigenvalue weighted by Crippen LogP contribution is 2.35. The van der Waals surface area contributed by atoms with Crippen LogP contribution in [0.1, 0.15) is 72.5 Å². The van der Waals surface area contributed by atoms with E-state index in [0.29, 0.717) is 0 Å². The van der Waals surface area contributed by atoms with E-state index in [2.05, 4.69) is 0 Å². The fraction of sp³-hybridized carbons (Fsp3) is 0.210. The molecular weight excluding hydrogens is 1030 g/mol. The van der Waals surface area contributed by atoms with Crippen LogP contribution in [0.4, 0.5) is 0 Å². The van der Waals surface area contributed by atoms with Gasteiger partial charge in [-0.05, 0) is 84.9 Å². The number of rotatable bonds is 19. The number of ether oxygens (including phenoxy) is 11. The van der Waals surface area contributed by atoms with Crippen molar-refractivity contribution in [3.63, 3.8) is 0 Å². The number of hydrogen-bond donors (Lipinski definition) is 0. The third-order valence-corrected chi connectivity index (χ3v) is 12.7. The van der Waals surface area contributed by atoms with Gasteiger partial charge in [-0.1, -0.05) is 127 Å². The second-order valence-electron chi connectivity index (χ2n) is 18.0. The molecule has 0 spiro atoms. The van der Waals surface area contributed by atoms with Crippen LogP contribution < -0.4 is 0 Å². The molecule has 0 saturated carbocycles. The maximum absolute atomic E-state index is 14.3. The molecule has 0 aromatic heterocycles. The number of methoxy groups -OCH3 is 1. The highest BCUT2D eigenvalue weighted by molar-refractivity contribution is 5.93. The normalized spacial score (nSPS) is 22.3. The van der Waals surface area contributed by atoms with E-state index in [9.17, 15) is 33.6 Å². The van der Waals surface area contributed by atoms with Crippen LogP contribution in [0, 0.1) is 0 Å². The van der Waals surface area contributed by atoms with E-state index in [-0.39, 0.29) is 38.9 Å². The second-order valence-corrected chi connectivity index (χ2v) is 18.0. The predicted molar refractivity (Wildman–Crippen MR) is 281 cm³/mol. The highest BCUT2D eigenvalue weighted by Gasteiger charge is 2.56. The minimum atomic E-state index is -1.86. The zero-order valence-corrected chi connectivity index (χ0v) is 42.7. The largest absolute Gasteiger partial charge is 0.459 e. The van der Waals surface area contributed by atoms with Crippen molar-refractivity contribution >= 4 is 41.8 Å². The lowest BCUT2D eigenvalue weighted by Gasteiger charge is -2.46. The van der Waals surface area contributed by atoms with Gasteiger partial charge in [0.25, 0.3) is 0 Å². The topological polar surface area (TPSA) is 221 Å². The summed E-state index contributed by atoms with van der Waals surface area (Å²) in [5.74, 6) is -6.36. The number of benzene rings is 7. The Kier molecular flexibility index (Phi) is 18.6. The molecule has 0 bridgehead atoms. The first kappa shape index (κ1) is 55.4. The zero-order chi connectivity index (χ0) is 55.8. The first-order chi connectivity index (χ1) is 39.0. The molecule has 2 saturated heterocycles. The molecule has 2 aliphatic rings. The Labute approximate surface area is 458 Å². The van der Waals surface area contributed by atoms with Crippen LogP contribution in [0.5, 0.6) is 0 Å². The van der Waals surface area contributed by atoms with Crippen molar-refractivity contribution in [1.82, 2.24) is 0 Å². The predicted octanol–water partition coefficient (Wildman–Crippen LogP) is 8.31. The molecule has 18 heteroatoms. The molecule has 2 aliphatic heterocycles. The summed E-state index contributed by atoms with van der Waals surface area (Å²) in [7, 11) is 1.24. The molecule has 0 radical (unpaired) electrons. The molecule has 7 aromatic carbocycles. The highest BCUT2D eigenvalue weighted by atomic mass is 16.8. The van der Waals surface area contributed by atoms with Gasteiger partial charge in [-0.15, -0.1) is 0 Å². The molecule has 2 fully saturated rings. The lowest BCUT2D eigenvalue weighted by molar-refractivity contribution is -0.325. The van der Waals surface area contributed by atoms with Crippen LogP contribution in [0.25, 0.3) is 0 Å². The number of esters is 7. The lowest BCUT2D eigenvalue weighted by Crippen LogP contribution is -2.65. The summed E-state index contributed by atoms with van der Waals surface area (Å²) in [4.78, 5) is 98.6. The molecule has 7 aromatic rings.